The van der Waals surface area contributed by atoms with Crippen molar-refractivity contribution in [3.05, 3.63) is 0 Å². The van der Waals surface area contributed by atoms with E-state index in [1.54, 1.807) is 0 Å². The van der Waals surface area contributed by atoms with Crippen LogP contribution < -0.4 is 0 Å². The first-order chi connectivity index (χ1) is 17.0. The molecule has 0 aliphatic heterocycles. The number of aliphatic carboxylic acids is 4. The second-order valence-corrected chi connectivity index (χ2v) is 9.76. The summed E-state index contributed by atoms with van der Waals surface area (Å²) in [6.07, 6.45) is 7.60. The molecule has 0 aliphatic rings. The fourth-order valence-electron chi connectivity index (χ4n) is 5.65. The molecule has 0 aromatic rings. The minimum Gasteiger partial charge on any atom is -0.480 e. The molecule has 0 amide bonds. The van der Waals surface area contributed by atoms with Gasteiger partial charge in [-0.1, -0.05) is 79.1 Å². The topological polar surface area (TPSA) is 156 Å². The molecule has 4 N–H and O–H groups in total. The Morgan fingerprint density at radius 1 is 0.472 bits per heavy atom. The van der Waals surface area contributed by atoms with E-state index in [1.165, 1.54) is 9.80 Å². The Morgan fingerprint density at radius 3 is 0.806 bits per heavy atom. The molecule has 0 atom stereocenters. The summed E-state index contributed by atoms with van der Waals surface area (Å²) in [5, 5.41) is 39.3. The van der Waals surface area contributed by atoms with Crippen molar-refractivity contribution in [3.8, 4) is 0 Å². The number of rotatable bonds is 23. The maximum atomic E-state index is 12.0. The molecule has 0 heterocycles. The molecule has 0 saturated heterocycles. The number of nitrogens with zero attached hydrogens (tertiary/aromatic N) is 2. The zero-order valence-corrected chi connectivity index (χ0v) is 22.6. The highest BCUT2D eigenvalue weighted by Gasteiger charge is 2.57. The van der Waals surface area contributed by atoms with Crippen LogP contribution >= 0.6 is 0 Å². The Labute approximate surface area is 215 Å². The quantitative estimate of drug-likeness (QED) is 0.155. The highest BCUT2D eigenvalue weighted by molar-refractivity contribution is 5.74. The number of carboxylic acid groups (broad SMARTS) is 4. The largest absolute Gasteiger partial charge is 0.480 e. The van der Waals surface area contributed by atoms with Gasteiger partial charge in [0, 0.05) is 11.1 Å². The van der Waals surface area contributed by atoms with Crippen LogP contribution in [0.5, 0.6) is 0 Å². The number of carboxylic acids is 4. The van der Waals surface area contributed by atoms with Gasteiger partial charge in [0.15, 0.2) is 0 Å². The third-order valence-electron chi connectivity index (χ3n) is 7.16. The zero-order chi connectivity index (χ0) is 27.8. The first kappa shape index (κ1) is 33.8. The van der Waals surface area contributed by atoms with Gasteiger partial charge in [-0.3, -0.25) is 29.0 Å². The molecule has 36 heavy (non-hydrogen) atoms. The molecule has 0 radical (unpaired) electrons. The summed E-state index contributed by atoms with van der Waals surface area (Å²) in [6.45, 7) is 5.90. The molecule has 0 aliphatic carbocycles. The summed E-state index contributed by atoms with van der Waals surface area (Å²) in [5.41, 5.74) is -2.07. The van der Waals surface area contributed by atoms with E-state index in [1.807, 2.05) is 27.7 Å². The van der Waals surface area contributed by atoms with Gasteiger partial charge in [-0.25, -0.2) is 0 Å². The van der Waals surface area contributed by atoms with Crippen molar-refractivity contribution in [1.82, 2.24) is 9.80 Å². The van der Waals surface area contributed by atoms with Gasteiger partial charge >= 0.3 is 23.9 Å². The maximum Gasteiger partial charge on any atom is 0.317 e. The first-order valence-corrected chi connectivity index (χ1v) is 13.3. The molecular formula is C26H48N2O8. The lowest BCUT2D eigenvalue weighted by Gasteiger charge is -2.60. The summed E-state index contributed by atoms with van der Waals surface area (Å²) < 4.78 is 0. The maximum absolute atomic E-state index is 12.0. The van der Waals surface area contributed by atoms with Crippen molar-refractivity contribution < 1.29 is 39.6 Å². The SMILES string of the molecule is CCCCC(CCCC)(N(CC(=O)O)CC(=O)O)C(CCCC)(CCCC)N(CC(=O)O)CC(=O)O. The van der Waals surface area contributed by atoms with E-state index in [0.717, 1.165) is 25.7 Å². The average Bonchev–Trinajstić information content (AvgIpc) is 2.78. The Kier molecular flexibility index (Phi) is 16.2. The molecule has 0 unspecified atom stereocenters. The number of carbonyl (C=O) groups is 4. The van der Waals surface area contributed by atoms with Gasteiger partial charge < -0.3 is 20.4 Å². The minimum atomic E-state index is -1.17. The number of unbranched alkanes of at least 4 members (excludes halogenated alkanes) is 4. The van der Waals surface area contributed by atoms with Gasteiger partial charge in [0.1, 0.15) is 0 Å². The van der Waals surface area contributed by atoms with E-state index in [9.17, 15) is 39.6 Å². The number of hydrogen-bond donors (Lipinski definition) is 4. The van der Waals surface area contributed by atoms with Crippen LogP contribution in [0, 0.1) is 0 Å². The van der Waals surface area contributed by atoms with Crippen molar-refractivity contribution in [2.24, 2.45) is 0 Å². The first-order valence-electron chi connectivity index (χ1n) is 13.3. The predicted octanol–water partition coefficient (Wildman–Crippen LogP) is 4.17. The van der Waals surface area contributed by atoms with Crippen molar-refractivity contribution in [2.45, 2.75) is 116 Å². The van der Waals surface area contributed by atoms with Gasteiger partial charge in [-0.05, 0) is 25.7 Å². The van der Waals surface area contributed by atoms with Crippen LogP contribution in [0.15, 0.2) is 0 Å². The van der Waals surface area contributed by atoms with Crippen LogP contribution in [0.25, 0.3) is 0 Å². The van der Waals surface area contributed by atoms with E-state index in [2.05, 4.69) is 0 Å². The van der Waals surface area contributed by atoms with E-state index in [4.69, 9.17) is 0 Å². The van der Waals surface area contributed by atoms with Gasteiger partial charge in [-0.2, -0.15) is 0 Å². The van der Waals surface area contributed by atoms with Gasteiger partial charge in [0.2, 0.25) is 0 Å². The predicted molar refractivity (Wildman–Crippen MR) is 137 cm³/mol. The van der Waals surface area contributed by atoms with E-state index >= 15 is 0 Å². The van der Waals surface area contributed by atoms with Crippen molar-refractivity contribution >= 4 is 23.9 Å². The Bertz CT molecular complexity index is 591. The standard InChI is InChI=1S/C26H48N2O8/c1-5-9-13-25(14-10-6-2,27(17-21(29)30)18-22(31)32)26(15-11-7-3,16-12-8-4)28(19-23(33)34)20-24(35)36/h5-20H2,1-4H3,(H,29,30)(H,31,32)(H,33,34)(H,35,36). The Balaban J connectivity index is 7.60. The van der Waals surface area contributed by atoms with E-state index in [0.29, 0.717) is 51.4 Å². The lowest BCUT2D eigenvalue weighted by Crippen LogP contribution is -2.73. The molecule has 0 spiro atoms. The van der Waals surface area contributed by atoms with Crippen molar-refractivity contribution in [3.63, 3.8) is 0 Å². The van der Waals surface area contributed by atoms with E-state index < -0.39 is 61.1 Å². The normalized spacial score (nSPS) is 12.3. The van der Waals surface area contributed by atoms with Crippen LogP contribution in [0.3, 0.4) is 0 Å². The molecule has 0 saturated carbocycles. The fourth-order valence-corrected chi connectivity index (χ4v) is 5.65. The monoisotopic (exact) mass is 516 g/mol. The summed E-state index contributed by atoms with van der Waals surface area (Å²) >= 11 is 0. The second kappa shape index (κ2) is 17.3. The summed E-state index contributed by atoms with van der Waals surface area (Å²) in [5.74, 6) is -4.68. The molecule has 0 aromatic carbocycles. The fraction of sp³-hybridized carbons (Fsp3) is 0.846. The zero-order valence-electron chi connectivity index (χ0n) is 22.6. The third kappa shape index (κ3) is 10.0. The summed E-state index contributed by atoms with van der Waals surface area (Å²) in [4.78, 5) is 51.1. The Morgan fingerprint density at radius 2 is 0.667 bits per heavy atom. The highest BCUT2D eigenvalue weighted by atomic mass is 16.4. The molecule has 0 rings (SSSR count). The summed E-state index contributed by atoms with van der Waals surface area (Å²) in [6, 6.07) is 0. The molecule has 0 fully saturated rings. The van der Waals surface area contributed by atoms with Crippen molar-refractivity contribution in [1.29, 1.82) is 0 Å². The van der Waals surface area contributed by atoms with Gasteiger partial charge in [0.25, 0.3) is 0 Å². The molecule has 10 nitrogen and oxygen atoms in total. The van der Waals surface area contributed by atoms with Crippen LogP contribution in [0.2, 0.25) is 0 Å². The van der Waals surface area contributed by atoms with Crippen LogP contribution in [-0.4, -0.2) is 91.4 Å². The summed E-state index contributed by atoms with van der Waals surface area (Å²) in [7, 11) is 0. The van der Waals surface area contributed by atoms with Crippen LogP contribution in [0.4, 0.5) is 0 Å². The van der Waals surface area contributed by atoms with E-state index in [-0.39, 0.29) is 0 Å². The lowest BCUT2D eigenvalue weighted by molar-refractivity contribution is -0.164. The second-order valence-electron chi connectivity index (χ2n) is 9.76. The average molecular weight is 517 g/mol. The van der Waals surface area contributed by atoms with Crippen molar-refractivity contribution in [2.75, 3.05) is 26.2 Å². The Hall–Kier alpha value is -2.20. The molecule has 0 aromatic heterocycles. The van der Waals surface area contributed by atoms with Gasteiger partial charge in [-0.15, -0.1) is 0 Å². The van der Waals surface area contributed by atoms with Crippen LogP contribution in [0.1, 0.15) is 105 Å². The lowest BCUT2D eigenvalue weighted by atomic mass is 9.63. The van der Waals surface area contributed by atoms with Gasteiger partial charge in [0.05, 0.1) is 26.2 Å². The molecule has 10 heteroatoms. The smallest absolute Gasteiger partial charge is 0.317 e. The molecule has 0 bridgehead atoms. The third-order valence-corrected chi connectivity index (χ3v) is 7.16. The molecular weight excluding hydrogens is 468 g/mol. The highest BCUT2D eigenvalue weighted by Crippen LogP contribution is 2.48. The van der Waals surface area contributed by atoms with Crippen LogP contribution in [-0.2, 0) is 19.2 Å². The minimum absolute atomic E-state index is 0.452. The molecule has 210 valence electrons. The number of hydrogen-bond acceptors (Lipinski definition) is 6.